The number of anilines is 1. The van der Waals surface area contributed by atoms with E-state index in [1.165, 1.54) is 5.56 Å². The van der Waals surface area contributed by atoms with Gasteiger partial charge >= 0.3 is 0 Å². The van der Waals surface area contributed by atoms with E-state index in [1.807, 2.05) is 32.9 Å². The van der Waals surface area contributed by atoms with Gasteiger partial charge in [-0.05, 0) is 38.3 Å². The molecule has 122 valence electrons. The van der Waals surface area contributed by atoms with Crippen LogP contribution in [0.5, 0.6) is 0 Å². The molecule has 0 aromatic heterocycles. The summed E-state index contributed by atoms with van der Waals surface area (Å²) in [5.74, 6) is 0.382. The number of nitrogens with one attached hydrogen (secondary N) is 2. The summed E-state index contributed by atoms with van der Waals surface area (Å²) >= 11 is 0. The minimum Gasteiger partial charge on any atom is -0.326 e. The Morgan fingerprint density at radius 1 is 1.23 bits per heavy atom. The second kappa shape index (κ2) is 6.79. The summed E-state index contributed by atoms with van der Waals surface area (Å²) in [6.07, 6.45) is 0.976. The zero-order valence-corrected chi connectivity index (χ0v) is 14.2. The third-order valence-corrected chi connectivity index (χ3v) is 5.73. The van der Waals surface area contributed by atoms with Gasteiger partial charge in [-0.3, -0.25) is 4.79 Å². The van der Waals surface area contributed by atoms with Gasteiger partial charge in [-0.15, -0.1) is 0 Å². The van der Waals surface area contributed by atoms with E-state index >= 15 is 0 Å². The molecule has 0 aliphatic carbocycles. The van der Waals surface area contributed by atoms with E-state index in [4.69, 9.17) is 0 Å². The number of aryl methyl sites for hydroxylation is 3. The fraction of sp³-hybridized carbons (Fsp3) is 0.562. The number of benzene rings is 1. The van der Waals surface area contributed by atoms with Crippen LogP contribution in [0, 0.1) is 20.8 Å². The molecule has 1 atom stereocenters. The molecule has 1 amide bonds. The molecule has 1 aromatic carbocycles. The van der Waals surface area contributed by atoms with Crippen LogP contribution in [0.1, 0.15) is 29.5 Å². The Labute approximate surface area is 132 Å². The van der Waals surface area contributed by atoms with Crippen LogP contribution >= 0.6 is 0 Å². The molecule has 2 N–H and O–H groups in total. The van der Waals surface area contributed by atoms with Gasteiger partial charge in [0.2, 0.25) is 5.91 Å². The van der Waals surface area contributed by atoms with Crippen molar-refractivity contribution in [3.63, 3.8) is 0 Å². The molecule has 1 heterocycles. The quantitative estimate of drug-likeness (QED) is 0.865. The van der Waals surface area contributed by atoms with Crippen LogP contribution in [0.4, 0.5) is 5.69 Å². The number of sulfone groups is 1. The van der Waals surface area contributed by atoms with Crippen LogP contribution in [0.15, 0.2) is 12.1 Å². The van der Waals surface area contributed by atoms with Gasteiger partial charge in [-0.1, -0.05) is 17.7 Å². The normalized spacial score (nSPS) is 20.0. The lowest BCUT2D eigenvalue weighted by Crippen LogP contribution is -2.32. The van der Waals surface area contributed by atoms with Crippen molar-refractivity contribution < 1.29 is 13.2 Å². The van der Waals surface area contributed by atoms with Crippen molar-refractivity contribution >= 4 is 21.4 Å². The van der Waals surface area contributed by atoms with Crippen molar-refractivity contribution in [3.8, 4) is 0 Å². The summed E-state index contributed by atoms with van der Waals surface area (Å²) < 4.78 is 22.7. The van der Waals surface area contributed by atoms with Gasteiger partial charge in [-0.2, -0.15) is 0 Å². The van der Waals surface area contributed by atoms with Crippen molar-refractivity contribution in [1.82, 2.24) is 5.32 Å². The first-order chi connectivity index (χ1) is 10.3. The van der Waals surface area contributed by atoms with Crippen LogP contribution in [-0.2, 0) is 14.6 Å². The second-order valence-electron chi connectivity index (χ2n) is 6.13. The van der Waals surface area contributed by atoms with Crippen molar-refractivity contribution in [1.29, 1.82) is 0 Å². The molecule has 1 saturated heterocycles. The highest BCUT2D eigenvalue weighted by Crippen LogP contribution is 2.22. The Bertz CT molecular complexity index is 645. The van der Waals surface area contributed by atoms with Crippen LogP contribution < -0.4 is 10.6 Å². The molecule has 1 aliphatic heterocycles. The van der Waals surface area contributed by atoms with E-state index in [9.17, 15) is 13.2 Å². The summed E-state index contributed by atoms with van der Waals surface area (Å²) in [5, 5.41) is 6.10. The average molecular weight is 324 g/mol. The highest BCUT2D eigenvalue weighted by atomic mass is 32.2. The Balaban J connectivity index is 1.82. The Hall–Kier alpha value is -1.40. The zero-order chi connectivity index (χ0) is 16.3. The minimum atomic E-state index is -2.87. The number of carbonyl (C=O) groups excluding carboxylic acids is 1. The molecule has 2 rings (SSSR count). The number of amides is 1. The molecule has 1 unspecified atom stereocenters. The van der Waals surface area contributed by atoms with Gasteiger partial charge in [0.05, 0.1) is 11.5 Å². The molecule has 0 bridgehead atoms. The molecule has 6 heteroatoms. The SMILES string of the molecule is Cc1cc(C)c(NC(=O)CCNC2CCS(=O)(=O)C2)c(C)c1. The standard InChI is InChI=1S/C16H24N2O3S/c1-11-8-12(2)16(13(3)9-11)18-15(19)4-6-17-14-5-7-22(20,21)10-14/h8-9,14,17H,4-7,10H2,1-3H3,(H,18,19). The van der Waals surface area contributed by atoms with Crippen LogP contribution in [0.2, 0.25) is 0 Å². The summed E-state index contributed by atoms with van der Waals surface area (Å²) in [4.78, 5) is 12.0. The molecule has 1 fully saturated rings. The molecular weight excluding hydrogens is 300 g/mol. The highest BCUT2D eigenvalue weighted by molar-refractivity contribution is 7.91. The van der Waals surface area contributed by atoms with Gasteiger partial charge in [0.25, 0.3) is 0 Å². The van der Waals surface area contributed by atoms with Crippen molar-refractivity contribution in [3.05, 3.63) is 28.8 Å². The first-order valence-corrected chi connectivity index (χ1v) is 9.40. The predicted octanol–water partition coefficient (Wildman–Crippen LogP) is 1.72. The summed E-state index contributed by atoms with van der Waals surface area (Å²) in [5.41, 5.74) is 4.16. The monoisotopic (exact) mass is 324 g/mol. The molecule has 0 saturated carbocycles. The number of carbonyl (C=O) groups is 1. The smallest absolute Gasteiger partial charge is 0.225 e. The highest BCUT2D eigenvalue weighted by Gasteiger charge is 2.27. The minimum absolute atomic E-state index is 0.0133. The largest absolute Gasteiger partial charge is 0.326 e. The predicted molar refractivity (Wildman–Crippen MR) is 89.0 cm³/mol. The molecule has 5 nitrogen and oxygen atoms in total. The van der Waals surface area contributed by atoms with Crippen molar-refractivity contribution in [2.75, 3.05) is 23.4 Å². The van der Waals surface area contributed by atoms with E-state index in [1.54, 1.807) is 0 Å². The molecule has 0 spiro atoms. The Morgan fingerprint density at radius 2 is 1.86 bits per heavy atom. The lowest BCUT2D eigenvalue weighted by molar-refractivity contribution is -0.116. The molecular formula is C16H24N2O3S. The van der Waals surface area contributed by atoms with E-state index in [0.29, 0.717) is 19.4 Å². The summed E-state index contributed by atoms with van der Waals surface area (Å²) in [6.45, 7) is 6.50. The lowest BCUT2D eigenvalue weighted by atomic mass is 10.1. The molecule has 0 radical (unpaired) electrons. The fourth-order valence-corrected chi connectivity index (χ4v) is 4.63. The molecule has 22 heavy (non-hydrogen) atoms. The lowest BCUT2D eigenvalue weighted by Gasteiger charge is -2.14. The van der Waals surface area contributed by atoms with Crippen LogP contribution in [-0.4, -0.2) is 38.4 Å². The van der Waals surface area contributed by atoms with Crippen molar-refractivity contribution in [2.24, 2.45) is 0 Å². The van der Waals surface area contributed by atoms with E-state index in [2.05, 4.69) is 10.6 Å². The van der Waals surface area contributed by atoms with Crippen LogP contribution in [0.3, 0.4) is 0 Å². The first kappa shape index (κ1) is 17.0. The van der Waals surface area contributed by atoms with Gasteiger partial charge in [-0.25, -0.2) is 8.42 Å². The zero-order valence-electron chi connectivity index (χ0n) is 13.4. The molecule has 1 aliphatic rings. The first-order valence-electron chi connectivity index (χ1n) is 7.58. The van der Waals surface area contributed by atoms with E-state index in [-0.39, 0.29) is 23.5 Å². The third-order valence-electron chi connectivity index (χ3n) is 3.96. The summed E-state index contributed by atoms with van der Waals surface area (Å²) in [7, 11) is -2.87. The maximum Gasteiger partial charge on any atom is 0.225 e. The van der Waals surface area contributed by atoms with Crippen LogP contribution in [0.25, 0.3) is 0 Å². The number of hydrogen-bond acceptors (Lipinski definition) is 4. The van der Waals surface area contributed by atoms with Gasteiger partial charge < -0.3 is 10.6 Å². The Kier molecular flexibility index (Phi) is 5.24. The maximum absolute atomic E-state index is 12.0. The fourth-order valence-electron chi connectivity index (χ4n) is 2.92. The van der Waals surface area contributed by atoms with E-state index in [0.717, 1.165) is 16.8 Å². The number of rotatable bonds is 5. The summed E-state index contributed by atoms with van der Waals surface area (Å²) in [6, 6.07) is 4.08. The van der Waals surface area contributed by atoms with Gasteiger partial charge in [0.1, 0.15) is 0 Å². The van der Waals surface area contributed by atoms with Gasteiger partial charge in [0.15, 0.2) is 9.84 Å². The number of hydrogen-bond donors (Lipinski definition) is 2. The third kappa shape index (κ3) is 4.55. The topological polar surface area (TPSA) is 75.3 Å². The maximum atomic E-state index is 12.0. The Morgan fingerprint density at radius 3 is 2.41 bits per heavy atom. The molecule has 1 aromatic rings. The van der Waals surface area contributed by atoms with E-state index < -0.39 is 9.84 Å². The van der Waals surface area contributed by atoms with Gasteiger partial charge in [0, 0.05) is 24.7 Å². The average Bonchev–Trinajstić information content (AvgIpc) is 2.73. The second-order valence-corrected chi connectivity index (χ2v) is 8.35. The van der Waals surface area contributed by atoms with Crippen molar-refractivity contribution in [2.45, 2.75) is 39.7 Å².